The van der Waals surface area contributed by atoms with Crippen LogP contribution in [0.4, 0.5) is 22.9 Å². The fraction of sp³-hybridized carbons (Fsp3) is 0.121. The number of para-hydroxylation sites is 3. The summed E-state index contributed by atoms with van der Waals surface area (Å²) in [5.74, 6) is 2.96. The van der Waals surface area contributed by atoms with Crippen molar-refractivity contribution in [1.29, 1.82) is 0 Å². The van der Waals surface area contributed by atoms with E-state index in [0.717, 1.165) is 51.1 Å². The predicted molar refractivity (Wildman–Crippen MR) is 166 cm³/mol. The minimum atomic E-state index is -0.207. The highest BCUT2D eigenvalue weighted by atomic mass is 35.5. The van der Waals surface area contributed by atoms with E-state index in [9.17, 15) is 0 Å². The first-order valence-electron chi connectivity index (χ1n) is 13.6. The maximum atomic E-state index is 6.34. The summed E-state index contributed by atoms with van der Waals surface area (Å²) in [5.41, 5.74) is 6.69. The van der Waals surface area contributed by atoms with E-state index in [4.69, 9.17) is 31.4 Å². The minimum Gasteiger partial charge on any atom is -0.494 e. The number of aromatic nitrogens is 2. The highest BCUT2D eigenvalue weighted by Gasteiger charge is 2.41. The van der Waals surface area contributed by atoms with Crippen LogP contribution < -0.4 is 15.0 Å². The molecule has 2 aliphatic heterocycles. The van der Waals surface area contributed by atoms with E-state index in [1.165, 1.54) is 0 Å². The number of hydrogen-bond donors (Lipinski definition) is 1. The molecule has 1 aromatic heterocycles. The molecule has 0 fully saturated rings. The summed E-state index contributed by atoms with van der Waals surface area (Å²) in [4.78, 5) is 12.6. The third-order valence-electron chi connectivity index (χ3n) is 7.25. The Labute approximate surface area is 243 Å². The monoisotopic (exact) mass is 558 g/mol. The second kappa shape index (κ2) is 10.3. The summed E-state index contributed by atoms with van der Waals surface area (Å²) in [6, 6.07) is 33.9. The van der Waals surface area contributed by atoms with Crippen molar-refractivity contribution in [3.63, 3.8) is 0 Å². The third kappa shape index (κ3) is 4.44. The van der Waals surface area contributed by atoms with E-state index in [1.807, 2.05) is 103 Å². The number of anilines is 2. The van der Waals surface area contributed by atoms with Crippen LogP contribution in [0.5, 0.6) is 5.75 Å². The number of fused-ring (bicyclic) bond motifs is 4. The van der Waals surface area contributed by atoms with Crippen molar-refractivity contribution in [3.8, 4) is 11.4 Å². The first-order valence-corrected chi connectivity index (χ1v) is 13.9. The number of halogens is 1. The number of aryl methyl sites for hydroxylation is 1. The molecule has 0 spiro atoms. The number of nitrogens with zero attached hydrogens (tertiary/aromatic N) is 5. The standard InChI is InChI=1S/C33H27ClN6O/c1-3-41-26-19-17-24(18-20-26)35-31-33-37-32-29(21(2)38-40(32)25-9-5-4-6-10-25)30(22-13-15-23(34)16-14-22)39(33)28-12-8-7-11-27(28)36-31/h4-20,30H,3H2,1-2H3,(H,35,36)/t30-/m1/s1. The van der Waals surface area contributed by atoms with Gasteiger partial charge in [-0.1, -0.05) is 54.1 Å². The molecule has 7 rings (SSSR count). The summed E-state index contributed by atoms with van der Waals surface area (Å²) in [6.45, 7) is 4.64. The van der Waals surface area contributed by atoms with Gasteiger partial charge in [-0.15, -0.1) is 0 Å². The number of rotatable bonds is 5. The number of amidine groups is 2. The molecule has 0 saturated heterocycles. The largest absolute Gasteiger partial charge is 0.494 e. The Morgan fingerprint density at radius 3 is 2.34 bits per heavy atom. The summed E-state index contributed by atoms with van der Waals surface area (Å²) in [5, 5.41) is 9.22. The highest BCUT2D eigenvalue weighted by Crippen LogP contribution is 2.48. The van der Waals surface area contributed by atoms with Gasteiger partial charge in [0.15, 0.2) is 17.5 Å². The highest BCUT2D eigenvalue weighted by molar-refractivity contribution is 6.51. The topological polar surface area (TPSA) is 67.0 Å². The molecule has 7 nitrogen and oxygen atoms in total. The molecule has 0 unspecified atom stereocenters. The van der Waals surface area contributed by atoms with Gasteiger partial charge in [-0.25, -0.2) is 14.7 Å². The van der Waals surface area contributed by atoms with Crippen LogP contribution in [0, 0.1) is 6.92 Å². The lowest BCUT2D eigenvalue weighted by atomic mass is 9.93. The molecule has 41 heavy (non-hydrogen) atoms. The van der Waals surface area contributed by atoms with E-state index in [1.54, 1.807) is 0 Å². The second-order valence-electron chi connectivity index (χ2n) is 9.86. The molecular weight excluding hydrogens is 532 g/mol. The van der Waals surface area contributed by atoms with Crippen molar-refractivity contribution in [2.45, 2.75) is 19.9 Å². The number of benzene rings is 4. The molecule has 0 aliphatic carbocycles. The lowest BCUT2D eigenvalue weighted by Crippen LogP contribution is -2.46. The normalized spacial score (nSPS) is 15.3. The van der Waals surface area contributed by atoms with Crippen LogP contribution in [0.2, 0.25) is 5.02 Å². The smallest absolute Gasteiger partial charge is 0.179 e. The summed E-state index contributed by atoms with van der Waals surface area (Å²) < 4.78 is 7.57. The molecule has 5 aromatic rings. The van der Waals surface area contributed by atoms with Crippen molar-refractivity contribution in [2.75, 3.05) is 16.8 Å². The molecule has 202 valence electrons. The Bertz CT molecular complexity index is 1790. The van der Waals surface area contributed by atoms with Gasteiger partial charge in [-0.05, 0) is 80.1 Å². The molecule has 1 atom stereocenters. The van der Waals surface area contributed by atoms with Crippen LogP contribution in [0.3, 0.4) is 0 Å². The zero-order valence-corrected chi connectivity index (χ0v) is 23.4. The van der Waals surface area contributed by atoms with Gasteiger partial charge < -0.3 is 15.0 Å². The van der Waals surface area contributed by atoms with E-state index in [-0.39, 0.29) is 6.04 Å². The van der Waals surface area contributed by atoms with Crippen molar-refractivity contribution < 1.29 is 4.74 Å². The van der Waals surface area contributed by atoms with Crippen molar-refractivity contribution in [1.82, 2.24) is 9.78 Å². The van der Waals surface area contributed by atoms with Crippen LogP contribution in [0.1, 0.15) is 29.8 Å². The van der Waals surface area contributed by atoms with Crippen LogP contribution in [0.15, 0.2) is 113 Å². The van der Waals surface area contributed by atoms with Crippen LogP contribution in [-0.2, 0) is 0 Å². The zero-order chi connectivity index (χ0) is 27.9. The summed E-state index contributed by atoms with van der Waals surface area (Å²) in [6.07, 6.45) is 0. The number of hydrogen-bond acceptors (Lipinski definition) is 6. The lowest BCUT2D eigenvalue weighted by molar-refractivity contribution is 0.340. The average Bonchev–Trinajstić information content (AvgIpc) is 3.34. The number of ether oxygens (including phenoxy) is 1. The summed E-state index contributed by atoms with van der Waals surface area (Å²) >= 11 is 6.34. The van der Waals surface area contributed by atoms with Crippen molar-refractivity contribution >= 4 is 46.2 Å². The molecular formula is C33H27ClN6O. The Morgan fingerprint density at radius 1 is 0.854 bits per heavy atom. The average molecular weight is 559 g/mol. The van der Waals surface area contributed by atoms with Gasteiger partial charge in [0.05, 0.1) is 35.4 Å². The SMILES string of the molecule is CCOc1ccc(NC2=Nc3ccccc3N3C2=Nc2c(c(C)nn2-c2ccccc2)[C@H]3c2ccc(Cl)cc2)cc1. The molecule has 0 saturated carbocycles. The van der Waals surface area contributed by atoms with Gasteiger partial charge in [-0.2, -0.15) is 5.10 Å². The quantitative estimate of drug-likeness (QED) is 0.237. The van der Waals surface area contributed by atoms with E-state index >= 15 is 0 Å². The van der Waals surface area contributed by atoms with Crippen molar-refractivity contribution in [2.24, 2.45) is 9.98 Å². The summed E-state index contributed by atoms with van der Waals surface area (Å²) in [7, 11) is 0. The van der Waals surface area contributed by atoms with Gasteiger partial charge in [0, 0.05) is 16.3 Å². The molecule has 0 radical (unpaired) electrons. The Morgan fingerprint density at radius 2 is 1.59 bits per heavy atom. The van der Waals surface area contributed by atoms with Crippen LogP contribution in [0.25, 0.3) is 5.69 Å². The Balaban J connectivity index is 1.44. The molecule has 0 amide bonds. The maximum absolute atomic E-state index is 6.34. The third-order valence-corrected chi connectivity index (χ3v) is 7.50. The Kier molecular flexibility index (Phi) is 6.29. The molecule has 8 heteroatoms. The van der Waals surface area contributed by atoms with E-state index in [0.29, 0.717) is 23.3 Å². The first kappa shape index (κ1) is 25.1. The molecule has 2 aliphatic rings. The fourth-order valence-electron chi connectivity index (χ4n) is 5.45. The van der Waals surface area contributed by atoms with Crippen LogP contribution >= 0.6 is 11.6 Å². The van der Waals surface area contributed by atoms with Gasteiger partial charge in [-0.3, -0.25) is 0 Å². The van der Waals surface area contributed by atoms with Crippen LogP contribution in [-0.4, -0.2) is 28.1 Å². The number of aliphatic imine (C=N–C) groups is 2. The lowest BCUT2D eigenvalue weighted by Gasteiger charge is -2.40. The first-order chi connectivity index (χ1) is 20.1. The molecule has 1 N–H and O–H groups in total. The molecule has 3 heterocycles. The molecule has 4 aromatic carbocycles. The molecule has 0 bridgehead atoms. The fourth-order valence-corrected chi connectivity index (χ4v) is 5.57. The van der Waals surface area contributed by atoms with Gasteiger partial charge in [0.1, 0.15) is 5.75 Å². The Hall–Kier alpha value is -4.88. The van der Waals surface area contributed by atoms with Gasteiger partial charge in [0.25, 0.3) is 0 Å². The van der Waals surface area contributed by atoms with E-state index in [2.05, 4.69) is 28.4 Å². The minimum absolute atomic E-state index is 0.207. The maximum Gasteiger partial charge on any atom is 0.179 e. The van der Waals surface area contributed by atoms with Gasteiger partial charge >= 0.3 is 0 Å². The van der Waals surface area contributed by atoms with Gasteiger partial charge in [0.2, 0.25) is 0 Å². The zero-order valence-electron chi connectivity index (χ0n) is 22.6. The van der Waals surface area contributed by atoms with E-state index < -0.39 is 0 Å². The number of nitrogens with one attached hydrogen (secondary N) is 1. The predicted octanol–water partition coefficient (Wildman–Crippen LogP) is 8.03. The van der Waals surface area contributed by atoms with Crippen molar-refractivity contribution in [3.05, 3.63) is 125 Å². The second-order valence-corrected chi connectivity index (χ2v) is 10.3.